The topological polar surface area (TPSA) is 114 Å². The minimum atomic E-state index is -1.41. The van der Waals surface area contributed by atoms with Gasteiger partial charge in [-0.15, -0.1) is 0 Å². The van der Waals surface area contributed by atoms with Crippen LogP contribution in [0.4, 0.5) is 9.59 Å². The fourth-order valence-electron chi connectivity index (χ4n) is 4.93. The molecule has 1 fully saturated rings. The first-order chi connectivity index (χ1) is 16.4. The third-order valence-corrected chi connectivity index (χ3v) is 6.58. The molecule has 2 aliphatic rings. The van der Waals surface area contributed by atoms with E-state index in [1.165, 1.54) is 6.08 Å². The number of carbonyl (C=O) groups excluding carboxylic acids is 2. The van der Waals surface area contributed by atoms with Gasteiger partial charge in [-0.3, -0.25) is 0 Å². The lowest BCUT2D eigenvalue weighted by Crippen LogP contribution is -2.53. The second-order valence-electron chi connectivity index (χ2n) is 8.71. The van der Waals surface area contributed by atoms with Crippen molar-refractivity contribution in [2.24, 2.45) is 5.92 Å². The van der Waals surface area contributed by atoms with Crippen molar-refractivity contribution in [3.05, 3.63) is 72.3 Å². The molecule has 2 aromatic rings. The average Bonchev–Trinajstić information content (AvgIpc) is 3.40. The van der Waals surface area contributed by atoms with Crippen LogP contribution in [-0.2, 0) is 14.3 Å². The zero-order valence-corrected chi connectivity index (χ0v) is 18.8. The standard InChI is InChI=1S/C26H28N2O6/c1-2-13-33-25(32)28-26(23(29)30)12-11-17(14-26)15-27-24(31)34-16-22-20-9-5-3-7-18(20)19-8-4-6-10-21(19)22/h2-10,17,22H,1,11-16H2,(H,27,31)(H,28,32)(H,29,30). The van der Waals surface area contributed by atoms with Crippen molar-refractivity contribution < 1.29 is 29.0 Å². The summed E-state index contributed by atoms with van der Waals surface area (Å²) in [5.41, 5.74) is 3.16. The first kappa shape index (κ1) is 23.4. The summed E-state index contributed by atoms with van der Waals surface area (Å²) in [6, 6.07) is 16.2. The normalized spacial score (nSPS) is 20.6. The molecule has 34 heavy (non-hydrogen) atoms. The number of carboxylic acid groups (broad SMARTS) is 1. The molecule has 2 aliphatic carbocycles. The summed E-state index contributed by atoms with van der Waals surface area (Å²) in [5.74, 6) is -1.27. The van der Waals surface area contributed by atoms with Crippen molar-refractivity contribution in [2.45, 2.75) is 30.7 Å². The summed E-state index contributed by atoms with van der Waals surface area (Å²) < 4.78 is 10.4. The van der Waals surface area contributed by atoms with E-state index in [2.05, 4.69) is 41.5 Å². The van der Waals surface area contributed by atoms with Crippen LogP contribution in [0.3, 0.4) is 0 Å². The van der Waals surface area contributed by atoms with Gasteiger partial charge in [0, 0.05) is 12.5 Å². The highest BCUT2D eigenvalue weighted by molar-refractivity contribution is 5.85. The first-order valence-electron chi connectivity index (χ1n) is 11.3. The van der Waals surface area contributed by atoms with Crippen molar-refractivity contribution in [1.82, 2.24) is 10.6 Å². The third-order valence-electron chi connectivity index (χ3n) is 6.58. The summed E-state index contributed by atoms with van der Waals surface area (Å²) in [4.78, 5) is 36.2. The molecular weight excluding hydrogens is 436 g/mol. The Hall–Kier alpha value is -3.81. The molecule has 2 amide bonds. The Morgan fingerprint density at radius 3 is 2.29 bits per heavy atom. The van der Waals surface area contributed by atoms with Gasteiger partial charge in [0.1, 0.15) is 18.8 Å². The highest BCUT2D eigenvalue weighted by Crippen LogP contribution is 2.44. The van der Waals surface area contributed by atoms with Crippen LogP contribution in [0.15, 0.2) is 61.2 Å². The third kappa shape index (κ3) is 4.76. The molecule has 0 heterocycles. The largest absolute Gasteiger partial charge is 0.480 e. The number of rotatable bonds is 8. The van der Waals surface area contributed by atoms with E-state index in [-0.39, 0.29) is 44.4 Å². The molecule has 0 saturated heterocycles. The molecule has 3 N–H and O–H groups in total. The number of carboxylic acids is 1. The predicted molar refractivity (Wildman–Crippen MR) is 125 cm³/mol. The van der Waals surface area contributed by atoms with Gasteiger partial charge in [-0.05, 0) is 47.4 Å². The molecule has 0 aliphatic heterocycles. The predicted octanol–water partition coefficient (Wildman–Crippen LogP) is 4.06. The number of alkyl carbamates (subject to hydrolysis) is 2. The van der Waals surface area contributed by atoms with E-state index < -0.39 is 23.7 Å². The Morgan fingerprint density at radius 2 is 1.68 bits per heavy atom. The van der Waals surface area contributed by atoms with E-state index >= 15 is 0 Å². The van der Waals surface area contributed by atoms with Gasteiger partial charge in [0.25, 0.3) is 0 Å². The number of fused-ring (bicyclic) bond motifs is 3. The number of amides is 2. The zero-order chi connectivity index (χ0) is 24.1. The van der Waals surface area contributed by atoms with Crippen LogP contribution in [0.25, 0.3) is 11.1 Å². The highest BCUT2D eigenvalue weighted by Gasteiger charge is 2.47. The van der Waals surface area contributed by atoms with Crippen molar-refractivity contribution in [2.75, 3.05) is 19.8 Å². The summed E-state index contributed by atoms with van der Waals surface area (Å²) in [6.45, 7) is 3.92. The van der Waals surface area contributed by atoms with E-state index in [0.717, 1.165) is 22.3 Å². The number of aliphatic carboxylic acids is 1. The zero-order valence-electron chi connectivity index (χ0n) is 18.8. The molecule has 178 valence electrons. The Labute approximate surface area is 198 Å². The molecular formula is C26H28N2O6. The lowest BCUT2D eigenvalue weighted by molar-refractivity contribution is -0.144. The fraction of sp³-hybridized carbons (Fsp3) is 0.346. The fourth-order valence-corrected chi connectivity index (χ4v) is 4.93. The van der Waals surface area contributed by atoms with E-state index in [9.17, 15) is 19.5 Å². The number of ether oxygens (including phenoxy) is 2. The summed E-state index contributed by atoms with van der Waals surface area (Å²) >= 11 is 0. The minimum absolute atomic E-state index is 0.00565. The van der Waals surface area contributed by atoms with Gasteiger partial charge in [0.05, 0.1) is 0 Å². The molecule has 0 radical (unpaired) electrons. The maximum Gasteiger partial charge on any atom is 0.408 e. The number of hydrogen-bond acceptors (Lipinski definition) is 5. The molecule has 2 unspecified atom stereocenters. The number of hydrogen-bond donors (Lipinski definition) is 3. The molecule has 2 aromatic carbocycles. The van der Waals surface area contributed by atoms with Gasteiger partial charge in [0.15, 0.2) is 0 Å². The van der Waals surface area contributed by atoms with Crippen LogP contribution < -0.4 is 10.6 Å². The van der Waals surface area contributed by atoms with Crippen molar-refractivity contribution in [3.8, 4) is 11.1 Å². The van der Waals surface area contributed by atoms with Crippen molar-refractivity contribution in [3.63, 3.8) is 0 Å². The van der Waals surface area contributed by atoms with Gasteiger partial charge >= 0.3 is 18.2 Å². The van der Waals surface area contributed by atoms with Gasteiger partial charge < -0.3 is 25.2 Å². The van der Waals surface area contributed by atoms with Gasteiger partial charge in [0.2, 0.25) is 0 Å². The van der Waals surface area contributed by atoms with Crippen molar-refractivity contribution >= 4 is 18.2 Å². The Bertz CT molecular complexity index is 1050. The first-order valence-corrected chi connectivity index (χ1v) is 11.3. The monoisotopic (exact) mass is 464 g/mol. The van der Waals surface area contributed by atoms with E-state index in [1.807, 2.05) is 24.3 Å². The van der Waals surface area contributed by atoms with Crippen LogP contribution in [0.2, 0.25) is 0 Å². The minimum Gasteiger partial charge on any atom is -0.480 e. The SMILES string of the molecule is C=CCOC(=O)NC1(C(=O)O)CCC(CNC(=O)OCC2c3ccccc3-c3ccccc32)C1. The van der Waals surface area contributed by atoms with Gasteiger partial charge in [-0.2, -0.15) is 0 Å². The maximum atomic E-state index is 12.4. The quantitative estimate of drug-likeness (QED) is 0.508. The van der Waals surface area contributed by atoms with E-state index in [1.54, 1.807) is 0 Å². The molecule has 8 heteroatoms. The number of nitrogens with one attached hydrogen (secondary N) is 2. The average molecular weight is 465 g/mol. The van der Waals surface area contributed by atoms with Gasteiger partial charge in [-0.1, -0.05) is 61.2 Å². The molecule has 0 spiro atoms. The van der Waals surface area contributed by atoms with Crippen LogP contribution in [0.5, 0.6) is 0 Å². The molecule has 8 nitrogen and oxygen atoms in total. The number of carbonyl (C=O) groups is 3. The van der Waals surface area contributed by atoms with Gasteiger partial charge in [-0.25, -0.2) is 14.4 Å². The molecule has 0 bridgehead atoms. The Balaban J connectivity index is 1.30. The molecule has 1 saturated carbocycles. The van der Waals surface area contributed by atoms with E-state index in [4.69, 9.17) is 9.47 Å². The smallest absolute Gasteiger partial charge is 0.408 e. The summed E-state index contributed by atoms with van der Waals surface area (Å²) in [6.07, 6.45) is 1.04. The molecule has 2 atom stereocenters. The van der Waals surface area contributed by atoms with E-state index in [0.29, 0.717) is 6.42 Å². The number of benzene rings is 2. The summed E-state index contributed by atoms with van der Waals surface area (Å²) in [5, 5.41) is 14.9. The Kier molecular flexibility index (Phi) is 6.86. The van der Waals surface area contributed by atoms with Crippen LogP contribution in [0, 0.1) is 5.92 Å². The second-order valence-corrected chi connectivity index (χ2v) is 8.71. The molecule has 0 aromatic heterocycles. The van der Waals surface area contributed by atoms with Crippen molar-refractivity contribution in [1.29, 1.82) is 0 Å². The lowest BCUT2D eigenvalue weighted by atomic mass is 9.96. The maximum absolute atomic E-state index is 12.4. The van der Waals surface area contributed by atoms with Crippen LogP contribution >= 0.6 is 0 Å². The summed E-state index contributed by atoms with van der Waals surface area (Å²) in [7, 11) is 0. The van der Waals surface area contributed by atoms with Crippen LogP contribution in [-0.4, -0.2) is 48.6 Å². The second kappa shape index (κ2) is 9.99. The van der Waals surface area contributed by atoms with Crippen LogP contribution in [0.1, 0.15) is 36.3 Å². The molecule has 4 rings (SSSR count). The highest BCUT2D eigenvalue weighted by atomic mass is 16.6. The Morgan fingerprint density at radius 1 is 1.03 bits per heavy atom. The lowest BCUT2D eigenvalue weighted by Gasteiger charge is -2.25.